The molecule has 0 atom stereocenters. The minimum atomic E-state index is 0.960. The molecule has 0 aliphatic rings. The highest BCUT2D eigenvalue weighted by Gasteiger charge is 2.04. The summed E-state index contributed by atoms with van der Waals surface area (Å²) in [5.41, 5.74) is 5.61. The number of aromatic nitrogens is 1. The molecule has 23 heavy (non-hydrogen) atoms. The van der Waals surface area contributed by atoms with Crippen LogP contribution in [-0.2, 0) is 0 Å². The Morgan fingerprint density at radius 1 is 1.00 bits per heavy atom. The van der Waals surface area contributed by atoms with Gasteiger partial charge in [-0.3, -0.25) is 0 Å². The smallest absolute Gasteiger partial charge is 0.124 e. The fourth-order valence-corrected chi connectivity index (χ4v) is 3.45. The minimum Gasteiger partial charge on any atom is -0.496 e. The van der Waals surface area contributed by atoms with Crippen molar-refractivity contribution >= 4 is 23.5 Å². The van der Waals surface area contributed by atoms with E-state index in [-0.39, 0.29) is 0 Å². The molecule has 0 saturated heterocycles. The maximum absolute atomic E-state index is 5.41. The van der Waals surface area contributed by atoms with Crippen LogP contribution in [-0.4, -0.2) is 12.1 Å². The van der Waals surface area contributed by atoms with E-state index in [1.807, 2.05) is 18.2 Å². The molecule has 0 spiro atoms. The first-order chi connectivity index (χ1) is 11.2. The Balaban J connectivity index is 1.83. The number of hydrogen-bond donors (Lipinski definition) is 0. The van der Waals surface area contributed by atoms with Crippen LogP contribution < -0.4 is 4.74 Å². The number of methoxy groups -OCH3 is 1. The van der Waals surface area contributed by atoms with Crippen LogP contribution in [0.4, 0.5) is 0 Å². The summed E-state index contributed by atoms with van der Waals surface area (Å²) in [5, 5.41) is 3.13. The average Bonchev–Trinajstić information content (AvgIpc) is 3.02. The normalized spacial score (nSPS) is 11.1. The lowest BCUT2D eigenvalue weighted by Crippen LogP contribution is -1.91. The Bertz CT molecular complexity index is 811. The van der Waals surface area contributed by atoms with Gasteiger partial charge in [-0.2, -0.15) is 0 Å². The Kier molecular flexibility index (Phi) is 4.58. The van der Waals surface area contributed by atoms with Crippen LogP contribution in [0.3, 0.4) is 0 Å². The monoisotopic (exact) mass is 321 g/mol. The third kappa shape index (κ3) is 3.51. The van der Waals surface area contributed by atoms with E-state index in [4.69, 9.17) is 4.74 Å². The van der Waals surface area contributed by atoms with Gasteiger partial charge in [0.05, 0.1) is 12.8 Å². The van der Waals surface area contributed by atoms with Crippen LogP contribution in [0.1, 0.15) is 22.4 Å². The molecule has 2 aromatic carbocycles. The molecule has 0 aliphatic heterocycles. The average molecular weight is 321 g/mol. The molecule has 116 valence electrons. The van der Waals surface area contributed by atoms with Gasteiger partial charge in [-0.15, -0.1) is 11.3 Å². The quantitative estimate of drug-likeness (QED) is 0.623. The van der Waals surface area contributed by atoms with Gasteiger partial charge in [0, 0.05) is 10.9 Å². The number of aryl methyl sites for hydroxylation is 2. The number of benzene rings is 2. The molecule has 0 fully saturated rings. The zero-order chi connectivity index (χ0) is 16.2. The van der Waals surface area contributed by atoms with E-state index >= 15 is 0 Å². The molecule has 0 N–H and O–H groups in total. The highest BCUT2D eigenvalue weighted by Crippen LogP contribution is 2.26. The van der Waals surface area contributed by atoms with Crippen molar-refractivity contribution < 1.29 is 4.74 Å². The molecule has 0 unspecified atom stereocenters. The number of ether oxygens (including phenoxy) is 1. The second-order valence-electron chi connectivity index (χ2n) is 5.46. The fourth-order valence-electron chi connectivity index (χ4n) is 2.66. The molecule has 1 heterocycles. The first-order valence-electron chi connectivity index (χ1n) is 7.51. The van der Waals surface area contributed by atoms with Gasteiger partial charge in [0.15, 0.2) is 0 Å². The Hall–Kier alpha value is -2.39. The molecule has 3 rings (SSSR count). The lowest BCUT2D eigenvalue weighted by Gasteiger charge is -2.09. The van der Waals surface area contributed by atoms with Gasteiger partial charge in [0.25, 0.3) is 0 Å². The molecule has 1 aromatic heterocycles. The van der Waals surface area contributed by atoms with E-state index in [0.29, 0.717) is 0 Å². The summed E-state index contributed by atoms with van der Waals surface area (Å²) in [4.78, 5) is 4.68. The van der Waals surface area contributed by atoms with E-state index in [2.05, 4.69) is 60.6 Å². The standard InChI is InChI=1S/C20H19NOS/c1-14-11-16(12-15(2)19(14)22-3)9-10-18-13-23-20(21-18)17-7-5-4-6-8-17/h4-13H,1-3H3/b10-9+. The van der Waals surface area contributed by atoms with Crippen LogP contribution in [0.2, 0.25) is 0 Å². The van der Waals surface area contributed by atoms with Gasteiger partial charge < -0.3 is 4.74 Å². The summed E-state index contributed by atoms with van der Waals surface area (Å²) in [6.07, 6.45) is 4.16. The van der Waals surface area contributed by atoms with Crippen LogP contribution in [0, 0.1) is 13.8 Å². The van der Waals surface area contributed by atoms with E-state index in [9.17, 15) is 0 Å². The van der Waals surface area contributed by atoms with Crippen LogP contribution in [0.5, 0.6) is 5.75 Å². The van der Waals surface area contributed by atoms with Crippen LogP contribution in [0.25, 0.3) is 22.7 Å². The number of thiazole rings is 1. The molecule has 0 amide bonds. The third-order valence-electron chi connectivity index (χ3n) is 3.68. The van der Waals surface area contributed by atoms with Crippen molar-refractivity contribution in [3.8, 4) is 16.3 Å². The van der Waals surface area contributed by atoms with Gasteiger partial charge in [-0.05, 0) is 48.7 Å². The van der Waals surface area contributed by atoms with E-state index in [1.165, 1.54) is 0 Å². The van der Waals surface area contributed by atoms with Gasteiger partial charge in [-0.25, -0.2) is 4.98 Å². The topological polar surface area (TPSA) is 22.1 Å². The number of rotatable bonds is 4. The largest absolute Gasteiger partial charge is 0.496 e. The summed E-state index contributed by atoms with van der Waals surface area (Å²) >= 11 is 1.67. The molecule has 0 radical (unpaired) electrons. The molecule has 0 saturated carbocycles. The van der Waals surface area contributed by atoms with Crippen molar-refractivity contribution in [3.05, 3.63) is 70.2 Å². The zero-order valence-corrected chi connectivity index (χ0v) is 14.4. The van der Waals surface area contributed by atoms with Crippen LogP contribution >= 0.6 is 11.3 Å². The van der Waals surface area contributed by atoms with Gasteiger partial charge in [-0.1, -0.05) is 36.4 Å². The van der Waals surface area contributed by atoms with Crippen molar-refractivity contribution in [2.75, 3.05) is 7.11 Å². The SMILES string of the molecule is COc1c(C)cc(/C=C/c2csc(-c3ccccc3)n2)cc1C. The second-order valence-corrected chi connectivity index (χ2v) is 6.32. The highest BCUT2D eigenvalue weighted by atomic mass is 32.1. The van der Waals surface area contributed by atoms with Gasteiger partial charge in [0.2, 0.25) is 0 Å². The van der Waals surface area contributed by atoms with Crippen LogP contribution in [0.15, 0.2) is 47.8 Å². The molecule has 3 heteroatoms. The molecule has 0 aliphatic carbocycles. The van der Waals surface area contributed by atoms with Crippen molar-refractivity contribution in [2.45, 2.75) is 13.8 Å². The second kappa shape index (κ2) is 6.80. The fraction of sp³-hybridized carbons (Fsp3) is 0.150. The summed E-state index contributed by atoms with van der Waals surface area (Å²) in [6.45, 7) is 4.14. The third-order valence-corrected chi connectivity index (χ3v) is 4.59. The summed E-state index contributed by atoms with van der Waals surface area (Å²) in [7, 11) is 1.71. The molecular weight excluding hydrogens is 302 g/mol. The van der Waals surface area contributed by atoms with Crippen molar-refractivity contribution in [2.24, 2.45) is 0 Å². The summed E-state index contributed by atoms with van der Waals surface area (Å²) < 4.78 is 5.41. The number of hydrogen-bond acceptors (Lipinski definition) is 3. The molecule has 2 nitrogen and oxygen atoms in total. The van der Waals surface area contributed by atoms with E-state index in [0.717, 1.165) is 38.7 Å². The Morgan fingerprint density at radius 2 is 1.70 bits per heavy atom. The minimum absolute atomic E-state index is 0.960. The van der Waals surface area contributed by atoms with Crippen molar-refractivity contribution in [1.29, 1.82) is 0 Å². The summed E-state index contributed by atoms with van der Waals surface area (Å²) in [5.74, 6) is 0.960. The summed E-state index contributed by atoms with van der Waals surface area (Å²) in [6, 6.07) is 14.5. The lowest BCUT2D eigenvalue weighted by atomic mass is 10.1. The Labute approximate surface area is 141 Å². The number of nitrogens with zero attached hydrogens (tertiary/aromatic N) is 1. The lowest BCUT2D eigenvalue weighted by molar-refractivity contribution is 0.408. The van der Waals surface area contributed by atoms with E-state index < -0.39 is 0 Å². The van der Waals surface area contributed by atoms with E-state index in [1.54, 1.807) is 18.4 Å². The predicted molar refractivity (Wildman–Crippen MR) is 98.9 cm³/mol. The predicted octanol–water partition coefficient (Wildman–Crippen LogP) is 5.61. The van der Waals surface area contributed by atoms with Gasteiger partial charge >= 0.3 is 0 Å². The van der Waals surface area contributed by atoms with Gasteiger partial charge in [0.1, 0.15) is 10.8 Å². The van der Waals surface area contributed by atoms with Crippen molar-refractivity contribution in [3.63, 3.8) is 0 Å². The Morgan fingerprint density at radius 3 is 2.35 bits per heavy atom. The molecular formula is C20H19NOS. The van der Waals surface area contributed by atoms with Crippen molar-refractivity contribution in [1.82, 2.24) is 4.98 Å². The maximum Gasteiger partial charge on any atom is 0.124 e. The molecule has 0 bridgehead atoms. The zero-order valence-electron chi connectivity index (χ0n) is 13.5. The maximum atomic E-state index is 5.41. The first kappa shape index (κ1) is 15.5. The highest BCUT2D eigenvalue weighted by molar-refractivity contribution is 7.13. The first-order valence-corrected chi connectivity index (χ1v) is 8.39. The molecule has 3 aromatic rings.